The molecule has 2 rings (SSSR count). The van der Waals surface area contributed by atoms with E-state index in [1.807, 2.05) is 0 Å². The van der Waals surface area contributed by atoms with E-state index >= 15 is 0 Å². The third kappa shape index (κ3) is 2.84. The van der Waals surface area contributed by atoms with Crippen molar-refractivity contribution in [1.29, 1.82) is 0 Å². The first kappa shape index (κ1) is 13.7. The van der Waals surface area contributed by atoms with E-state index in [0.29, 0.717) is 17.8 Å². The van der Waals surface area contributed by atoms with Crippen LogP contribution in [0.25, 0.3) is 0 Å². The van der Waals surface area contributed by atoms with Gasteiger partial charge in [0, 0.05) is 31.4 Å². The van der Waals surface area contributed by atoms with E-state index in [9.17, 15) is 10.1 Å². The molecule has 6 heteroatoms. The molecule has 1 N–H and O–H groups in total. The summed E-state index contributed by atoms with van der Waals surface area (Å²) >= 11 is 0. The van der Waals surface area contributed by atoms with E-state index in [0.717, 1.165) is 25.9 Å². The lowest BCUT2D eigenvalue weighted by Crippen LogP contribution is -2.56. The third-order valence-corrected chi connectivity index (χ3v) is 3.75. The van der Waals surface area contributed by atoms with Crippen LogP contribution in [0.5, 0.6) is 0 Å². The second-order valence-corrected chi connectivity index (χ2v) is 4.85. The first-order valence-corrected chi connectivity index (χ1v) is 6.75. The summed E-state index contributed by atoms with van der Waals surface area (Å²) in [6.07, 6.45) is 4.94. The van der Waals surface area contributed by atoms with E-state index in [1.54, 1.807) is 12.3 Å². The fourth-order valence-electron chi connectivity index (χ4n) is 2.56. The lowest BCUT2D eigenvalue weighted by Gasteiger charge is -2.41. The standard InChI is InChI=1S/C13H20N4O2/c1-3-10-9-16(11(4-2)7-15-10)12-5-6-14-8-13(12)17(18)19/h5-6,8,10-11,15H,3-4,7,9H2,1-2H3. The molecular weight excluding hydrogens is 244 g/mol. The van der Waals surface area contributed by atoms with Gasteiger partial charge in [0.05, 0.1) is 4.92 Å². The summed E-state index contributed by atoms with van der Waals surface area (Å²) in [6.45, 7) is 5.91. The number of nitrogens with zero attached hydrogens (tertiary/aromatic N) is 3. The second kappa shape index (κ2) is 5.97. The van der Waals surface area contributed by atoms with Crippen molar-refractivity contribution in [2.24, 2.45) is 0 Å². The van der Waals surface area contributed by atoms with Crippen LogP contribution in [-0.4, -0.2) is 35.1 Å². The van der Waals surface area contributed by atoms with E-state index < -0.39 is 0 Å². The topological polar surface area (TPSA) is 71.3 Å². The van der Waals surface area contributed by atoms with Gasteiger partial charge in [0.15, 0.2) is 0 Å². The predicted molar refractivity (Wildman–Crippen MR) is 74.4 cm³/mol. The molecule has 0 aliphatic carbocycles. The van der Waals surface area contributed by atoms with Crippen molar-refractivity contribution in [2.75, 3.05) is 18.0 Å². The van der Waals surface area contributed by atoms with Gasteiger partial charge >= 0.3 is 5.69 Å². The smallest absolute Gasteiger partial charge is 0.310 e. The average Bonchev–Trinajstić information content (AvgIpc) is 2.46. The highest BCUT2D eigenvalue weighted by atomic mass is 16.6. The van der Waals surface area contributed by atoms with Crippen LogP contribution < -0.4 is 10.2 Å². The zero-order valence-corrected chi connectivity index (χ0v) is 11.4. The first-order valence-electron chi connectivity index (χ1n) is 6.75. The van der Waals surface area contributed by atoms with Crippen molar-refractivity contribution >= 4 is 11.4 Å². The van der Waals surface area contributed by atoms with Crippen molar-refractivity contribution in [1.82, 2.24) is 10.3 Å². The maximum absolute atomic E-state index is 11.1. The number of hydrogen-bond donors (Lipinski definition) is 1. The van der Waals surface area contributed by atoms with E-state index in [1.165, 1.54) is 6.20 Å². The van der Waals surface area contributed by atoms with Crippen LogP contribution in [0.2, 0.25) is 0 Å². The Balaban J connectivity index is 2.33. The molecule has 1 fully saturated rings. The molecule has 19 heavy (non-hydrogen) atoms. The Morgan fingerprint density at radius 1 is 1.53 bits per heavy atom. The molecular formula is C13H20N4O2. The second-order valence-electron chi connectivity index (χ2n) is 4.85. The predicted octanol–water partition coefficient (Wildman–Crippen LogP) is 1.96. The molecule has 0 aromatic carbocycles. The molecule has 6 nitrogen and oxygen atoms in total. The minimum Gasteiger partial charge on any atom is -0.360 e. The van der Waals surface area contributed by atoms with Gasteiger partial charge in [0.1, 0.15) is 11.9 Å². The molecule has 0 spiro atoms. The average molecular weight is 264 g/mol. The van der Waals surface area contributed by atoms with Crippen LogP contribution in [0.3, 0.4) is 0 Å². The SMILES string of the molecule is CCC1CN(c2ccncc2[N+](=O)[O-])C(CC)CN1. The fraction of sp³-hybridized carbons (Fsp3) is 0.615. The molecule has 2 atom stereocenters. The van der Waals surface area contributed by atoms with Crippen molar-refractivity contribution in [3.63, 3.8) is 0 Å². The van der Waals surface area contributed by atoms with Crippen LogP contribution >= 0.6 is 0 Å². The Bertz CT molecular complexity index is 452. The Kier molecular flexibility index (Phi) is 4.31. The van der Waals surface area contributed by atoms with Crippen molar-refractivity contribution in [3.8, 4) is 0 Å². The normalized spacial score (nSPS) is 23.4. The number of hydrogen-bond acceptors (Lipinski definition) is 5. The van der Waals surface area contributed by atoms with E-state index in [-0.39, 0.29) is 10.6 Å². The minimum atomic E-state index is -0.349. The number of piperazine rings is 1. The Morgan fingerprint density at radius 2 is 2.32 bits per heavy atom. The zero-order valence-electron chi connectivity index (χ0n) is 11.4. The summed E-state index contributed by atoms with van der Waals surface area (Å²) in [7, 11) is 0. The van der Waals surface area contributed by atoms with Gasteiger partial charge in [-0.15, -0.1) is 0 Å². The van der Waals surface area contributed by atoms with E-state index in [2.05, 4.69) is 29.0 Å². The summed E-state index contributed by atoms with van der Waals surface area (Å²) in [5, 5.41) is 14.6. The monoisotopic (exact) mass is 264 g/mol. The van der Waals surface area contributed by atoms with Gasteiger partial charge in [0.25, 0.3) is 0 Å². The summed E-state index contributed by atoms with van der Waals surface area (Å²) in [5.74, 6) is 0. The minimum absolute atomic E-state index is 0.0951. The maximum Gasteiger partial charge on any atom is 0.310 e. The lowest BCUT2D eigenvalue weighted by atomic mass is 10.0. The number of anilines is 1. The van der Waals surface area contributed by atoms with Gasteiger partial charge in [-0.3, -0.25) is 15.1 Å². The van der Waals surface area contributed by atoms with Gasteiger partial charge < -0.3 is 10.2 Å². The summed E-state index contributed by atoms with van der Waals surface area (Å²) in [4.78, 5) is 16.8. The molecule has 2 heterocycles. The summed E-state index contributed by atoms with van der Waals surface area (Å²) in [5.41, 5.74) is 0.782. The highest BCUT2D eigenvalue weighted by Crippen LogP contribution is 2.30. The lowest BCUT2D eigenvalue weighted by molar-refractivity contribution is -0.384. The largest absolute Gasteiger partial charge is 0.360 e. The van der Waals surface area contributed by atoms with Crippen molar-refractivity contribution in [3.05, 3.63) is 28.6 Å². The number of nitrogens with one attached hydrogen (secondary N) is 1. The van der Waals surface area contributed by atoms with Gasteiger partial charge in [-0.2, -0.15) is 0 Å². The molecule has 1 aliphatic rings. The Morgan fingerprint density at radius 3 is 2.95 bits per heavy atom. The van der Waals surface area contributed by atoms with Crippen LogP contribution in [0.15, 0.2) is 18.5 Å². The summed E-state index contributed by atoms with van der Waals surface area (Å²) < 4.78 is 0. The molecule has 2 unspecified atom stereocenters. The van der Waals surface area contributed by atoms with Crippen LogP contribution in [0.4, 0.5) is 11.4 Å². The molecule has 104 valence electrons. The molecule has 1 aliphatic heterocycles. The number of aromatic nitrogens is 1. The van der Waals surface area contributed by atoms with Crippen molar-refractivity contribution < 1.29 is 4.92 Å². The maximum atomic E-state index is 11.1. The van der Waals surface area contributed by atoms with Gasteiger partial charge in [0.2, 0.25) is 0 Å². The number of rotatable bonds is 4. The van der Waals surface area contributed by atoms with Crippen LogP contribution in [-0.2, 0) is 0 Å². The van der Waals surface area contributed by atoms with Gasteiger partial charge in [-0.1, -0.05) is 13.8 Å². The van der Waals surface area contributed by atoms with Crippen LogP contribution in [0.1, 0.15) is 26.7 Å². The van der Waals surface area contributed by atoms with E-state index in [4.69, 9.17) is 0 Å². The van der Waals surface area contributed by atoms with Gasteiger partial charge in [-0.25, -0.2) is 0 Å². The molecule has 0 saturated carbocycles. The molecule has 1 aromatic rings. The quantitative estimate of drug-likeness (QED) is 0.665. The van der Waals surface area contributed by atoms with Gasteiger partial charge in [-0.05, 0) is 18.9 Å². The summed E-state index contributed by atoms with van der Waals surface area (Å²) in [6, 6.07) is 2.43. The Labute approximate surface area is 113 Å². The fourth-order valence-corrected chi connectivity index (χ4v) is 2.56. The molecule has 0 radical (unpaired) electrons. The zero-order chi connectivity index (χ0) is 13.8. The number of nitro groups is 1. The molecule has 1 aromatic heterocycles. The highest BCUT2D eigenvalue weighted by Gasteiger charge is 2.30. The molecule has 0 bridgehead atoms. The number of pyridine rings is 1. The van der Waals surface area contributed by atoms with Crippen molar-refractivity contribution in [2.45, 2.75) is 38.8 Å². The first-order chi connectivity index (χ1) is 9.17. The van der Waals surface area contributed by atoms with Crippen LogP contribution in [0, 0.1) is 10.1 Å². The highest BCUT2D eigenvalue weighted by molar-refractivity contribution is 5.62. The Hall–Kier alpha value is -1.69. The molecule has 0 amide bonds. The third-order valence-electron chi connectivity index (χ3n) is 3.75. The molecule has 1 saturated heterocycles.